The number of nitrogens with two attached hydrogens (primary N) is 1. The molecule has 0 radical (unpaired) electrons. The molecule has 1 fully saturated rings. The lowest BCUT2D eigenvalue weighted by Gasteiger charge is -2.19. The average molecular weight is 486 g/mol. The van der Waals surface area contributed by atoms with Crippen molar-refractivity contribution >= 4 is 23.3 Å². The number of amides is 2. The summed E-state index contributed by atoms with van der Waals surface area (Å²) >= 11 is 0. The van der Waals surface area contributed by atoms with Crippen LogP contribution in [0.4, 0.5) is 29.1 Å². The van der Waals surface area contributed by atoms with Crippen molar-refractivity contribution < 1.29 is 27.2 Å². The molecule has 10 heteroatoms. The molecule has 0 aliphatic carbocycles. The summed E-state index contributed by atoms with van der Waals surface area (Å²) in [5, 5.41) is 2.68. The average Bonchev–Trinajstić information content (AvgIpc) is 3.46. The maximum Gasteiger partial charge on any atom is 0.252 e. The van der Waals surface area contributed by atoms with Gasteiger partial charge in [0.15, 0.2) is 17.5 Å². The van der Waals surface area contributed by atoms with Crippen molar-refractivity contribution in [2.75, 3.05) is 18.0 Å². The molecule has 2 amide bonds. The molecular weight excluding hydrogens is 464 g/mol. The van der Waals surface area contributed by atoms with Gasteiger partial charge in [-0.15, -0.1) is 0 Å². The van der Waals surface area contributed by atoms with Gasteiger partial charge in [0.05, 0.1) is 5.56 Å². The van der Waals surface area contributed by atoms with Gasteiger partial charge < -0.3 is 16.0 Å². The standard InChI is InChI=1S/C21H15F4N3O.C4H7NO/c22-14-1-2-17-13(19(14)21(26)29)4-6-28(17)18-10-11(3-5-27-18)7-12-8-15(23)20(25)16(24)9-12;6-4-2-1-3-5-4/h1-3,5,8-10H,4,6-7H2,(H2,26,29);1-3H2,(H,5,6). The van der Waals surface area contributed by atoms with Crippen LogP contribution in [0.25, 0.3) is 0 Å². The highest BCUT2D eigenvalue weighted by atomic mass is 19.2. The second kappa shape index (κ2) is 10.1. The maximum atomic E-state index is 14.0. The van der Waals surface area contributed by atoms with Crippen LogP contribution < -0.4 is 16.0 Å². The normalized spacial score (nSPS) is 14.3. The zero-order valence-electron chi connectivity index (χ0n) is 18.6. The Labute approximate surface area is 198 Å². The first-order valence-electron chi connectivity index (χ1n) is 11.0. The lowest BCUT2D eigenvalue weighted by Crippen LogP contribution is -2.16. The number of fused-ring (bicyclic) bond motifs is 1. The molecule has 0 atom stereocenters. The molecule has 0 saturated carbocycles. The van der Waals surface area contributed by atoms with Crippen LogP contribution in [0.15, 0.2) is 42.6 Å². The number of hydrogen-bond donors (Lipinski definition) is 2. The Bertz CT molecular complexity index is 1270. The van der Waals surface area contributed by atoms with E-state index >= 15 is 0 Å². The molecule has 6 nitrogen and oxygen atoms in total. The molecular formula is C25H22F4N4O2. The quantitative estimate of drug-likeness (QED) is 0.432. The molecule has 3 heterocycles. The van der Waals surface area contributed by atoms with Crippen molar-refractivity contribution in [2.45, 2.75) is 25.7 Å². The molecule has 0 unspecified atom stereocenters. The molecule has 2 aromatic carbocycles. The number of aromatic nitrogens is 1. The fourth-order valence-corrected chi connectivity index (χ4v) is 4.19. The molecule has 1 saturated heterocycles. The highest BCUT2D eigenvalue weighted by Gasteiger charge is 2.28. The highest BCUT2D eigenvalue weighted by molar-refractivity contribution is 5.97. The van der Waals surface area contributed by atoms with Gasteiger partial charge in [0.1, 0.15) is 11.6 Å². The van der Waals surface area contributed by atoms with Gasteiger partial charge >= 0.3 is 0 Å². The third-order valence-corrected chi connectivity index (χ3v) is 5.80. The number of carbonyl (C=O) groups is 2. The van der Waals surface area contributed by atoms with Crippen molar-refractivity contribution in [3.05, 3.63) is 88.1 Å². The summed E-state index contributed by atoms with van der Waals surface area (Å²) in [7, 11) is 0. The van der Waals surface area contributed by atoms with Crippen LogP contribution in [-0.4, -0.2) is 29.9 Å². The monoisotopic (exact) mass is 486 g/mol. The van der Waals surface area contributed by atoms with Gasteiger partial charge in [0.2, 0.25) is 5.91 Å². The lowest BCUT2D eigenvalue weighted by molar-refractivity contribution is -0.119. The molecule has 5 rings (SSSR count). The van der Waals surface area contributed by atoms with Gasteiger partial charge in [0.25, 0.3) is 5.91 Å². The van der Waals surface area contributed by atoms with E-state index in [1.807, 2.05) is 4.90 Å². The van der Waals surface area contributed by atoms with E-state index in [1.165, 1.54) is 12.3 Å². The van der Waals surface area contributed by atoms with E-state index in [0.29, 0.717) is 35.6 Å². The largest absolute Gasteiger partial charge is 0.365 e. The fraction of sp³-hybridized carbons (Fsp3) is 0.240. The van der Waals surface area contributed by atoms with Crippen LogP contribution in [-0.2, 0) is 17.6 Å². The molecule has 3 N–H and O–H groups in total. The molecule has 35 heavy (non-hydrogen) atoms. The number of benzene rings is 2. The minimum atomic E-state index is -1.50. The van der Waals surface area contributed by atoms with E-state index in [1.54, 1.807) is 18.2 Å². The molecule has 2 aliphatic rings. The lowest BCUT2D eigenvalue weighted by atomic mass is 10.0. The van der Waals surface area contributed by atoms with E-state index in [-0.39, 0.29) is 23.5 Å². The number of primary amides is 1. The van der Waals surface area contributed by atoms with E-state index in [2.05, 4.69) is 10.3 Å². The van der Waals surface area contributed by atoms with Crippen molar-refractivity contribution in [2.24, 2.45) is 5.73 Å². The maximum absolute atomic E-state index is 14.0. The van der Waals surface area contributed by atoms with Crippen LogP contribution in [0.3, 0.4) is 0 Å². The van der Waals surface area contributed by atoms with Crippen LogP contribution in [0.5, 0.6) is 0 Å². The Morgan fingerprint density at radius 1 is 1.00 bits per heavy atom. The van der Waals surface area contributed by atoms with E-state index in [0.717, 1.165) is 31.5 Å². The number of anilines is 2. The summed E-state index contributed by atoms with van der Waals surface area (Å²) in [6.45, 7) is 1.36. The van der Waals surface area contributed by atoms with Crippen LogP contribution in [0, 0.1) is 23.3 Å². The van der Waals surface area contributed by atoms with Crippen LogP contribution in [0.2, 0.25) is 0 Å². The van der Waals surface area contributed by atoms with Crippen molar-refractivity contribution in [3.8, 4) is 0 Å². The van der Waals surface area contributed by atoms with E-state index in [4.69, 9.17) is 5.73 Å². The van der Waals surface area contributed by atoms with Gasteiger partial charge in [-0.25, -0.2) is 22.5 Å². The van der Waals surface area contributed by atoms with E-state index in [9.17, 15) is 27.2 Å². The zero-order valence-corrected chi connectivity index (χ0v) is 18.6. The SMILES string of the molecule is NC(=O)c1c(F)ccc2c1CCN2c1cc(Cc2cc(F)c(F)c(F)c2)ccn1.O=C1CCCN1. The summed E-state index contributed by atoms with van der Waals surface area (Å²) in [4.78, 5) is 27.9. The van der Waals surface area contributed by atoms with Gasteiger partial charge in [0, 0.05) is 31.4 Å². The Morgan fingerprint density at radius 3 is 2.34 bits per heavy atom. The molecule has 3 aromatic rings. The third kappa shape index (κ3) is 5.26. The molecule has 182 valence electrons. The number of rotatable bonds is 4. The summed E-state index contributed by atoms with van der Waals surface area (Å²) in [5.41, 5.74) is 7.31. The number of hydrogen-bond acceptors (Lipinski definition) is 4. The first kappa shape index (κ1) is 24.2. The van der Waals surface area contributed by atoms with Gasteiger partial charge in [-0.3, -0.25) is 9.59 Å². The molecule has 0 spiro atoms. The molecule has 1 aromatic heterocycles. The number of halogens is 4. The fourth-order valence-electron chi connectivity index (χ4n) is 4.19. The molecule has 0 bridgehead atoms. The Morgan fingerprint density at radius 2 is 1.74 bits per heavy atom. The first-order chi connectivity index (χ1) is 16.7. The molecule has 2 aliphatic heterocycles. The Hall–Kier alpha value is -3.95. The van der Waals surface area contributed by atoms with Crippen molar-refractivity contribution in [3.63, 3.8) is 0 Å². The summed E-state index contributed by atoms with van der Waals surface area (Å²) in [6, 6.07) is 8.05. The number of nitrogens with one attached hydrogen (secondary N) is 1. The summed E-state index contributed by atoms with van der Waals surface area (Å²) < 4.78 is 54.1. The number of carbonyl (C=O) groups excluding carboxylic acids is 2. The number of pyridine rings is 1. The number of nitrogens with zero attached hydrogens (tertiary/aromatic N) is 2. The van der Waals surface area contributed by atoms with Gasteiger partial charge in [-0.05, 0) is 72.4 Å². The highest BCUT2D eigenvalue weighted by Crippen LogP contribution is 2.36. The predicted octanol–water partition coefficient (Wildman–Crippen LogP) is 3.92. The van der Waals surface area contributed by atoms with Crippen LogP contribution in [0.1, 0.15) is 39.9 Å². The van der Waals surface area contributed by atoms with Crippen molar-refractivity contribution in [1.82, 2.24) is 10.3 Å². The summed E-state index contributed by atoms with van der Waals surface area (Å²) in [5.74, 6) is -4.76. The van der Waals surface area contributed by atoms with Crippen molar-refractivity contribution in [1.29, 1.82) is 0 Å². The minimum absolute atomic E-state index is 0.126. The Balaban J connectivity index is 0.000000421. The summed E-state index contributed by atoms with van der Waals surface area (Å²) in [6.07, 6.45) is 3.89. The Kier molecular flexibility index (Phi) is 6.99. The van der Waals surface area contributed by atoms with E-state index < -0.39 is 29.2 Å². The topological polar surface area (TPSA) is 88.3 Å². The van der Waals surface area contributed by atoms with Gasteiger partial charge in [-0.2, -0.15) is 0 Å². The predicted molar refractivity (Wildman–Crippen MR) is 121 cm³/mol. The minimum Gasteiger partial charge on any atom is -0.365 e. The zero-order chi connectivity index (χ0) is 25.1. The third-order valence-electron chi connectivity index (χ3n) is 5.80. The first-order valence-corrected chi connectivity index (χ1v) is 11.0. The van der Waals surface area contributed by atoms with Gasteiger partial charge in [-0.1, -0.05) is 0 Å². The van der Waals surface area contributed by atoms with Crippen LogP contribution >= 0.6 is 0 Å². The second-order valence-corrected chi connectivity index (χ2v) is 8.21. The second-order valence-electron chi connectivity index (χ2n) is 8.21. The smallest absolute Gasteiger partial charge is 0.252 e.